The van der Waals surface area contributed by atoms with Crippen LogP contribution in [0.4, 0.5) is 0 Å². The van der Waals surface area contributed by atoms with E-state index in [0.29, 0.717) is 5.69 Å². The van der Waals surface area contributed by atoms with E-state index in [9.17, 15) is 4.79 Å². The van der Waals surface area contributed by atoms with E-state index in [0.717, 1.165) is 57.4 Å². The molecular formula is C17H28N4O2. The van der Waals surface area contributed by atoms with Gasteiger partial charge in [-0.05, 0) is 39.5 Å². The molecule has 1 aromatic heterocycles. The molecule has 1 unspecified atom stereocenters. The molecule has 0 aromatic carbocycles. The van der Waals surface area contributed by atoms with Crippen molar-refractivity contribution in [3.05, 3.63) is 17.7 Å². The second-order valence-corrected chi connectivity index (χ2v) is 7.03. The van der Waals surface area contributed by atoms with E-state index in [1.807, 2.05) is 20.0 Å². The predicted octanol–water partition coefficient (Wildman–Crippen LogP) is 1.82. The molecule has 1 atom stereocenters. The van der Waals surface area contributed by atoms with Gasteiger partial charge in [0.05, 0.1) is 6.04 Å². The first-order valence-corrected chi connectivity index (χ1v) is 8.74. The Morgan fingerprint density at radius 3 is 2.83 bits per heavy atom. The molecule has 3 rings (SSSR count). The van der Waals surface area contributed by atoms with Crippen LogP contribution in [0.15, 0.2) is 6.20 Å². The van der Waals surface area contributed by atoms with Gasteiger partial charge in [0, 0.05) is 45.1 Å². The average Bonchev–Trinajstić information content (AvgIpc) is 2.96. The van der Waals surface area contributed by atoms with Gasteiger partial charge in [0.15, 0.2) is 0 Å². The van der Waals surface area contributed by atoms with E-state index in [2.05, 4.69) is 26.7 Å². The van der Waals surface area contributed by atoms with Crippen LogP contribution >= 0.6 is 0 Å². The fourth-order valence-corrected chi connectivity index (χ4v) is 3.49. The number of nitrogens with one attached hydrogen (secondary N) is 1. The predicted molar refractivity (Wildman–Crippen MR) is 88.4 cm³/mol. The first-order valence-electron chi connectivity index (χ1n) is 8.74. The van der Waals surface area contributed by atoms with Crippen molar-refractivity contribution in [2.45, 2.75) is 52.2 Å². The fraction of sp³-hybridized carbons (Fsp3) is 0.765. The number of nitrogens with zero attached hydrogens (tertiary/aromatic N) is 3. The Balaban J connectivity index is 1.68. The summed E-state index contributed by atoms with van der Waals surface area (Å²) in [6, 6.07) is 0.385. The number of hydrogen-bond acceptors (Lipinski definition) is 4. The van der Waals surface area contributed by atoms with E-state index < -0.39 is 0 Å². The third-order valence-corrected chi connectivity index (χ3v) is 4.84. The molecule has 1 aromatic rings. The number of carbonyl (C=O) groups is 1. The number of rotatable bonds is 4. The van der Waals surface area contributed by atoms with Gasteiger partial charge >= 0.3 is 0 Å². The SMILES string of the molecule is CC(C)NC(=O)c1cn2c(n1)C(C)N(CC1CCOCC1)CC2. The summed E-state index contributed by atoms with van der Waals surface area (Å²) < 4.78 is 7.59. The summed E-state index contributed by atoms with van der Waals surface area (Å²) in [5.41, 5.74) is 0.536. The zero-order valence-electron chi connectivity index (χ0n) is 14.4. The standard InChI is InChI=1S/C17H28N4O2/c1-12(2)18-17(22)15-11-21-7-6-20(13(3)16(21)19-15)10-14-4-8-23-9-5-14/h11-14H,4-10H2,1-3H3,(H,18,22). The maximum atomic E-state index is 12.2. The van der Waals surface area contributed by atoms with Crippen molar-refractivity contribution < 1.29 is 9.53 Å². The van der Waals surface area contributed by atoms with Gasteiger partial charge in [-0.15, -0.1) is 0 Å². The third kappa shape index (κ3) is 3.75. The Bertz CT molecular complexity index is 549. The summed E-state index contributed by atoms with van der Waals surface area (Å²) in [5.74, 6) is 1.65. The number of carbonyl (C=O) groups excluding carboxylic acids is 1. The van der Waals surface area contributed by atoms with Gasteiger partial charge < -0.3 is 14.6 Å². The van der Waals surface area contributed by atoms with Crippen LogP contribution in [0.5, 0.6) is 0 Å². The van der Waals surface area contributed by atoms with Crippen molar-refractivity contribution in [3.63, 3.8) is 0 Å². The van der Waals surface area contributed by atoms with E-state index in [1.54, 1.807) is 0 Å². The first-order chi connectivity index (χ1) is 11.0. The molecule has 1 saturated heterocycles. The molecule has 0 bridgehead atoms. The Morgan fingerprint density at radius 2 is 2.13 bits per heavy atom. The van der Waals surface area contributed by atoms with Crippen LogP contribution in [0.2, 0.25) is 0 Å². The molecule has 2 aliphatic heterocycles. The molecule has 1 amide bonds. The average molecular weight is 320 g/mol. The summed E-state index contributed by atoms with van der Waals surface area (Å²) in [4.78, 5) is 19.3. The molecule has 128 valence electrons. The Morgan fingerprint density at radius 1 is 1.39 bits per heavy atom. The van der Waals surface area contributed by atoms with Gasteiger partial charge in [-0.3, -0.25) is 9.69 Å². The van der Waals surface area contributed by atoms with Crippen LogP contribution in [0.25, 0.3) is 0 Å². The largest absolute Gasteiger partial charge is 0.381 e. The van der Waals surface area contributed by atoms with Crippen LogP contribution in [0.1, 0.15) is 56.0 Å². The zero-order valence-corrected chi connectivity index (χ0v) is 14.4. The molecule has 0 saturated carbocycles. The number of aromatic nitrogens is 2. The molecule has 6 nitrogen and oxygen atoms in total. The van der Waals surface area contributed by atoms with Gasteiger partial charge in [0.1, 0.15) is 11.5 Å². The van der Waals surface area contributed by atoms with Crippen molar-refractivity contribution in [1.29, 1.82) is 0 Å². The van der Waals surface area contributed by atoms with Crippen LogP contribution in [0.3, 0.4) is 0 Å². The molecule has 23 heavy (non-hydrogen) atoms. The van der Waals surface area contributed by atoms with Crippen molar-refractivity contribution in [1.82, 2.24) is 19.8 Å². The quantitative estimate of drug-likeness (QED) is 0.919. The lowest BCUT2D eigenvalue weighted by Gasteiger charge is -2.37. The second kappa shape index (κ2) is 7.01. The van der Waals surface area contributed by atoms with Crippen molar-refractivity contribution in [2.75, 3.05) is 26.3 Å². The number of imidazole rings is 1. The molecule has 0 radical (unpaired) electrons. The Labute approximate surface area is 138 Å². The van der Waals surface area contributed by atoms with E-state index in [4.69, 9.17) is 4.74 Å². The van der Waals surface area contributed by atoms with Gasteiger partial charge in [0.2, 0.25) is 0 Å². The lowest BCUT2D eigenvalue weighted by atomic mass is 9.98. The monoisotopic (exact) mass is 320 g/mol. The van der Waals surface area contributed by atoms with Gasteiger partial charge in [-0.25, -0.2) is 4.98 Å². The van der Waals surface area contributed by atoms with Crippen LogP contribution in [0, 0.1) is 5.92 Å². The lowest BCUT2D eigenvalue weighted by molar-refractivity contribution is 0.0411. The molecule has 6 heteroatoms. The molecule has 2 aliphatic rings. The smallest absolute Gasteiger partial charge is 0.271 e. The first kappa shape index (κ1) is 16.5. The Kier molecular flexibility index (Phi) is 5.02. The number of ether oxygens (including phenoxy) is 1. The number of fused-ring (bicyclic) bond motifs is 1. The molecule has 3 heterocycles. The van der Waals surface area contributed by atoms with E-state index >= 15 is 0 Å². The highest BCUT2D eigenvalue weighted by Crippen LogP contribution is 2.27. The van der Waals surface area contributed by atoms with Crippen molar-refractivity contribution in [3.8, 4) is 0 Å². The van der Waals surface area contributed by atoms with Gasteiger partial charge in [-0.2, -0.15) is 0 Å². The summed E-state index contributed by atoms with van der Waals surface area (Å²) in [7, 11) is 0. The third-order valence-electron chi connectivity index (χ3n) is 4.84. The highest BCUT2D eigenvalue weighted by Gasteiger charge is 2.29. The van der Waals surface area contributed by atoms with Crippen LogP contribution < -0.4 is 5.32 Å². The van der Waals surface area contributed by atoms with Crippen LogP contribution in [-0.2, 0) is 11.3 Å². The highest BCUT2D eigenvalue weighted by atomic mass is 16.5. The minimum Gasteiger partial charge on any atom is -0.381 e. The molecular weight excluding hydrogens is 292 g/mol. The van der Waals surface area contributed by atoms with Crippen LogP contribution in [-0.4, -0.2) is 52.7 Å². The number of amides is 1. The zero-order chi connectivity index (χ0) is 16.4. The fourth-order valence-electron chi connectivity index (χ4n) is 3.49. The summed E-state index contributed by atoms with van der Waals surface area (Å²) in [6.07, 6.45) is 4.20. The molecule has 1 fully saturated rings. The van der Waals surface area contributed by atoms with E-state index in [-0.39, 0.29) is 18.0 Å². The second-order valence-electron chi connectivity index (χ2n) is 7.03. The summed E-state index contributed by atoms with van der Waals surface area (Å²) in [5, 5.41) is 2.92. The van der Waals surface area contributed by atoms with Crippen molar-refractivity contribution >= 4 is 5.91 Å². The summed E-state index contributed by atoms with van der Waals surface area (Å²) >= 11 is 0. The molecule has 0 spiro atoms. The van der Waals surface area contributed by atoms with E-state index in [1.165, 1.54) is 0 Å². The minimum atomic E-state index is -0.0786. The maximum Gasteiger partial charge on any atom is 0.271 e. The lowest BCUT2D eigenvalue weighted by Crippen LogP contribution is -2.40. The maximum absolute atomic E-state index is 12.2. The van der Waals surface area contributed by atoms with Gasteiger partial charge in [-0.1, -0.05) is 0 Å². The topological polar surface area (TPSA) is 59.4 Å². The summed E-state index contributed by atoms with van der Waals surface area (Å²) in [6.45, 7) is 10.9. The minimum absolute atomic E-state index is 0.0786. The van der Waals surface area contributed by atoms with Gasteiger partial charge in [0.25, 0.3) is 5.91 Å². The molecule has 0 aliphatic carbocycles. The number of hydrogen-bond donors (Lipinski definition) is 1. The highest BCUT2D eigenvalue weighted by molar-refractivity contribution is 5.92. The normalized spacial score (nSPS) is 23.0. The molecule has 1 N–H and O–H groups in total. The van der Waals surface area contributed by atoms with Crippen molar-refractivity contribution in [2.24, 2.45) is 5.92 Å². The Hall–Kier alpha value is -1.40.